The predicted molar refractivity (Wildman–Crippen MR) is 64.0 cm³/mol. The van der Waals surface area contributed by atoms with Crippen LogP contribution < -0.4 is 4.74 Å². The normalized spacial score (nSPS) is 13.1. The fourth-order valence-corrected chi connectivity index (χ4v) is 2.05. The third-order valence-corrected chi connectivity index (χ3v) is 2.83. The van der Waals surface area contributed by atoms with E-state index in [1.54, 1.807) is 0 Å². The van der Waals surface area contributed by atoms with Crippen LogP contribution in [0.5, 0.6) is 5.75 Å². The predicted octanol–water partition coefficient (Wildman–Crippen LogP) is 1.64. The quantitative estimate of drug-likeness (QED) is 0.460. The Hall–Kier alpha value is -1.67. The molecule has 0 fully saturated rings. The summed E-state index contributed by atoms with van der Waals surface area (Å²) < 4.78 is 31.6. The molecule has 0 amide bonds. The van der Waals surface area contributed by atoms with E-state index >= 15 is 0 Å². The fraction of sp³-hybridized carbons (Fsp3) is 0.400. The van der Waals surface area contributed by atoms with Gasteiger partial charge in [0.1, 0.15) is 0 Å². The average molecular weight is 275 g/mol. The summed E-state index contributed by atoms with van der Waals surface area (Å²) in [7, 11) is -2.29. The third kappa shape index (κ3) is 3.67. The highest BCUT2D eigenvalue weighted by atomic mass is 32.2. The van der Waals surface area contributed by atoms with E-state index in [-0.39, 0.29) is 11.4 Å². The van der Waals surface area contributed by atoms with E-state index in [9.17, 15) is 18.5 Å². The van der Waals surface area contributed by atoms with Gasteiger partial charge in [0.2, 0.25) is 0 Å². The Morgan fingerprint density at radius 2 is 2.00 bits per heavy atom. The highest BCUT2D eigenvalue weighted by Crippen LogP contribution is 2.31. The minimum Gasteiger partial charge on any atom is -0.490 e. The van der Waals surface area contributed by atoms with Crippen molar-refractivity contribution >= 4 is 15.8 Å². The van der Waals surface area contributed by atoms with Gasteiger partial charge in [-0.25, -0.2) is 0 Å². The van der Waals surface area contributed by atoms with Crippen LogP contribution in [0.1, 0.15) is 18.6 Å². The van der Waals surface area contributed by atoms with Crippen LogP contribution in [0, 0.1) is 10.1 Å². The maximum Gasteiger partial charge on any atom is 0.310 e. The Morgan fingerprint density at radius 1 is 1.39 bits per heavy atom. The Morgan fingerprint density at radius 3 is 2.44 bits per heavy atom. The molecule has 1 unspecified atom stereocenters. The maximum atomic E-state index is 11.0. The van der Waals surface area contributed by atoms with Crippen LogP contribution >= 0.6 is 0 Å². The zero-order chi connectivity index (χ0) is 13.9. The molecule has 0 bridgehead atoms. The number of rotatable bonds is 5. The number of nitro groups is 1. The number of hydrogen-bond acceptors (Lipinski definition) is 6. The van der Waals surface area contributed by atoms with E-state index in [4.69, 9.17) is 8.92 Å². The van der Waals surface area contributed by atoms with Gasteiger partial charge in [-0.1, -0.05) is 0 Å². The molecule has 18 heavy (non-hydrogen) atoms. The lowest BCUT2D eigenvalue weighted by Gasteiger charge is -2.12. The third-order valence-electron chi connectivity index (χ3n) is 2.19. The number of methoxy groups -OCH3 is 1. The SMILES string of the molecule is COc1cc(C(C)OS(C)(=O)=O)ccc1[N+](=O)[O-]. The maximum absolute atomic E-state index is 11.0. The van der Waals surface area contributed by atoms with Gasteiger partial charge in [-0.3, -0.25) is 14.3 Å². The summed E-state index contributed by atoms with van der Waals surface area (Å²) in [6.07, 6.45) is 0.196. The molecular weight excluding hydrogens is 262 g/mol. The fourth-order valence-electron chi connectivity index (χ4n) is 1.42. The van der Waals surface area contributed by atoms with Gasteiger partial charge < -0.3 is 4.74 Å². The van der Waals surface area contributed by atoms with Crippen molar-refractivity contribution in [2.45, 2.75) is 13.0 Å². The van der Waals surface area contributed by atoms with Crippen molar-refractivity contribution in [2.75, 3.05) is 13.4 Å². The molecule has 0 spiro atoms. The van der Waals surface area contributed by atoms with Crippen molar-refractivity contribution in [1.82, 2.24) is 0 Å². The Labute approximate surface area is 105 Å². The first-order valence-corrected chi connectivity index (χ1v) is 6.77. The lowest BCUT2D eigenvalue weighted by molar-refractivity contribution is -0.385. The summed E-state index contributed by atoms with van der Waals surface area (Å²) in [6, 6.07) is 4.06. The van der Waals surface area contributed by atoms with Crippen LogP contribution in [0.15, 0.2) is 18.2 Å². The molecule has 0 heterocycles. The number of benzene rings is 1. The van der Waals surface area contributed by atoms with Crippen LogP contribution in [0.25, 0.3) is 0 Å². The van der Waals surface area contributed by atoms with E-state index in [1.807, 2.05) is 0 Å². The summed E-state index contributed by atoms with van der Waals surface area (Å²) in [5.74, 6) is 0.0569. The molecular formula is C10H13NO6S. The molecule has 0 aliphatic rings. The molecule has 1 rings (SSSR count). The molecule has 1 atom stereocenters. The van der Waals surface area contributed by atoms with Gasteiger partial charge in [0.05, 0.1) is 24.4 Å². The van der Waals surface area contributed by atoms with E-state index in [0.29, 0.717) is 5.56 Å². The molecule has 0 N–H and O–H groups in total. The van der Waals surface area contributed by atoms with E-state index in [1.165, 1.54) is 32.2 Å². The van der Waals surface area contributed by atoms with E-state index in [2.05, 4.69) is 0 Å². The molecule has 1 aromatic carbocycles. The standard InChI is InChI=1S/C10H13NO6S/c1-7(17-18(3,14)15)8-4-5-9(11(12)13)10(6-8)16-2/h4-7H,1-3H3. The first-order chi connectivity index (χ1) is 8.24. The average Bonchev–Trinajstić information content (AvgIpc) is 2.25. The molecule has 8 heteroatoms. The minimum absolute atomic E-state index is 0.0569. The molecule has 0 radical (unpaired) electrons. The molecule has 0 aliphatic heterocycles. The lowest BCUT2D eigenvalue weighted by Crippen LogP contribution is -2.08. The van der Waals surface area contributed by atoms with E-state index < -0.39 is 21.1 Å². The van der Waals surface area contributed by atoms with Gasteiger partial charge in [-0.15, -0.1) is 0 Å². The summed E-state index contributed by atoms with van der Waals surface area (Å²) in [5.41, 5.74) is 0.288. The zero-order valence-electron chi connectivity index (χ0n) is 10.1. The number of nitro benzene ring substituents is 1. The summed E-state index contributed by atoms with van der Waals surface area (Å²) in [4.78, 5) is 10.1. The van der Waals surface area contributed by atoms with Crippen molar-refractivity contribution in [3.8, 4) is 5.75 Å². The lowest BCUT2D eigenvalue weighted by atomic mass is 10.1. The van der Waals surface area contributed by atoms with Gasteiger partial charge in [0.15, 0.2) is 5.75 Å². The van der Waals surface area contributed by atoms with Crippen LogP contribution in [0.3, 0.4) is 0 Å². The highest BCUT2D eigenvalue weighted by Gasteiger charge is 2.19. The topological polar surface area (TPSA) is 95.7 Å². The molecule has 0 aliphatic carbocycles. The largest absolute Gasteiger partial charge is 0.490 e. The highest BCUT2D eigenvalue weighted by molar-refractivity contribution is 7.86. The van der Waals surface area contributed by atoms with Crippen molar-refractivity contribution < 1.29 is 22.3 Å². The van der Waals surface area contributed by atoms with Gasteiger partial charge >= 0.3 is 5.69 Å². The van der Waals surface area contributed by atoms with Crippen molar-refractivity contribution in [3.63, 3.8) is 0 Å². The van der Waals surface area contributed by atoms with Gasteiger partial charge in [-0.2, -0.15) is 8.42 Å². The van der Waals surface area contributed by atoms with Crippen LogP contribution in [-0.4, -0.2) is 26.7 Å². The van der Waals surface area contributed by atoms with Gasteiger partial charge in [0, 0.05) is 6.07 Å². The molecule has 0 aromatic heterocycles. The zero-order valence-corrected chi connectivity index (χ0v) is 10.9. The number of nitrogens with zero attached hydrogens (tertiary/aromatic N) is 1. The minimum atomic E-state index is -3.59. The molecule has 1 aromatic rings. The molecule has 7 nitrogen and oxygen atoms in total. The Balaban J connectivity index is 3.09. The summed E-state index contributed by atoms with van der Waals surface area (Å²) in [5, 5.41) is 10.7. The molecule has 0 saturated carbocycles. The number of hydrogen-bond donors (Lipinski definition) is 0. The second-order valence-electron chi connectivity index (χ2n) is 3.63. The molecule has 100 valence electrons. The van der Waals surface area contributed by atoms with Gasteiger partial charge in [0.25, 0.3) is 10.1 Å². The van der Waals surface area contributed by atoms with Gasteiger partial charge in [-0.05, 0) is 24.6 Å². The van der Waals surface area contributed by atoms with Crippen molar-refractivity contribution in [3.05, 3.63) is 33.9 Å². The van der Waals surface area contributed by atoms with Crippen LogP contribution in [0.4, 0.5) is 5.69 Å². The summed E-state index contributed by atoms with van der Waals surface area (Å²) >= 11 is 0. The monoisotopic (exact) mass is 275 g/mol. The van der Waals surface area contributed by atoms with Crippen LogP contribution in [0.2, 0.25) is 0 Å². The Bertz CT molecular complexity index is 553. The second kappa shape index (κ2) is 5.32. The smallest absolute Gasteiger partial charge is 0.310 e. The second-order valence-corrected chi connectivity index (χ2v) is 5.23. The first-order valence-electron chi connectivity index (χ1n) is 4.95. The van der Waals surface area contributed by atoms with E-state index in [0.717, 1.165) is 6.26 Å². The number of ether oxygens (including phenoxy) is 1. The summed E-state index contributed by atoms with van der Waals surface area (Å²) in [6.45, 7) is 1.53. The first kappa shape index (κ1) is 14.4. The Kier molecular flexibility index (Phi) is 4.25. The van der Waals surface area contributed by atoms with Crippen molar-refractivity contribution in [2.24, 2.45) is 0 Å². The molecule has 0 saturated heterocycles. The van der Waals surface area contributed by atoms with Crippen molar-refractivity contribution in [1.29, 1.82) is 0 Å². The van der Waals surface area contributed by atoms with Crippen LogP contribution in [-0.2, 0) is 14.3 Å².